The Morgan fingerprint density at radius 1 is 1.08 bits per heavy atom. The molecule has 2 atom stereocenters. The van der Waals surface area contributed by atoms with Crippen molar-refractivity contribution in [3.8, 4) is 5.75 Å². The lowest BCUT2D eigenvalue weighted by Crippen LogP contribution is -2.37. The summed E-state index contributed by atoms with van der Waals surface area (Å²) >= 11 is 0. The van der Waals surface area contributed by atoms with Gasteiger partial charge in [-0.3, -0.25) is 4.79 Å². The fourth-order valence-corrected chi connectivity index (χ4v) is 2.51. The van der Waals surface area contributed by atoms with Crippen LogP contribution in [0.3, 0.4) is 0 Å². The molecule has 1 amide bonds. The largest absolute Gasteiger partial charge is 0.497 e. The van der Waals surface area contributed by atoms with Gasteiger partial charge in [-0.05, 0) is 37.4 Å². The molecule has 5 nitrogen and oxygen atoms in total. The average molecular weight is 328 g/mol. The number of nitrogens with zero attached hydrogens (tertiary/aromatic N) is 1. The molecule has 0 aromatic heterocycles. The van der Waals surface area contributed by atoms with Crippen molar-refractivity contribution in [1.29, 1.82) is 0 Å². The summed E-state index contributed by atoms with van der Waals surface area (Å²) in [4.78, 5) is 14.2. The predicted octanol–water partition coefficient (Wildman–Crippen LogP) is 2.15. The minimum atomic E-state index is -1.16. The summed E-state index contributed by atoms with van der Waals surface area (Å²) < 4.78 is 5.17. The molecule has 2 aromatic rings. The van der Waals surface area contributed by atoms with E-state index in [-0.39, 0.29) is 6.04 Å². The lowest BCUT2D eigenvalue weighted by atomic mass is 10.0. The molecule has 2 N–H and O–H groups in total. The van der Waals surface area contributed by atoms with Gasteiger partial charge in [-0.25, -0.2) is 0 Å². The number of aliphatic hydroxyl groups is 1. The number of benzene rings is 2. The second kappa shape index (κ2) is 8.47. The van der Waals surface area contributed by atoms with Crippen molar-refractivity contribution < 1.29 is 14.6 Å². The summed E-state index contributed by atoms with van der Waals surface area (Å²) in [5.74, 6) is 0.390. The monoisotopic (exact) mass is 328 g/mol. The molecule has 0 aliphatic carbocycles. The Morgan fingerprint density at radius 2 is 1.71 bits per heavy atom. The first-order valence-corrected chi connectivity index (χ1v) is 7.84. The number of carbonyl (C=O) groups is 1. The zero-order valence-corrected chi connectivity index (χ0v) is 14.3. The number of ether oxygens (including phenoxy) is 1. The molecule has 0 fully saturated rings. The number of hydrogen-bond acceptors (Lipinski definition) is 4. The van der Waals surface area contributed by atoms with Gasteiger partial charge in [0.05, 0.1) is 13.2 Å². The molecule has 0 aliphatic heterocycles. The molecule has 5 heteroatoms. The van der Waals surface area contributed by atoms with Gasteiger partial charge in [0.15, 0.2) is 6.10 Å². The van der Waals surface area contributed by atoms with Crippen molar-refractivity contribution in [2.45, 2.75) is 12.1 Å². The Kier molecular flexibility index (Phi) is 6.35. The zero-order valence-electron chi connectivity index (χ0n) is 14.3. The molecule has 2 aromatic carbocycles. The van der Waals surface area contributed by atoms with Crippen LogP contribution < -0.4 is 10.1 Å². The highest BCUT2D eigenvalue weighted by atomic mass is 16.5. The first-order chi connectivity index (χ1) is 11.5. The molecule has 0 bridgehead atoms. The summed E-state index contributed by atoms with van der Waals surface area (Å²) in [6.07, 6.45) is -1.16. The maximum atomic E-state index is 12.2. The lowest BCUT2D eigenvalue weighted by Gasteiger charge is -2.26. The summed E-state index contributed by atoms with van der Waals surface area (Å²) in [6.45, 7) is 0.405. The minimum Gasteiger partial charge on any atom is -0.497 e. The maximum Gasteiger partial charge on any atom is 0.253 e. The minimum absolute atomic E-state index is 0.00262. The third kappa shape index (κ3) is 4.57. The molecule has 0 spiro atoms. The zero-order chi connectivity index (χ0) is 17.5. The Hall–Kier alpha value is -2.37. The van der Waals surface area contributed by atoms with Crippen LogP contribution in [0.4, 0.5) is 0 Å². The average Bonchev–Trinajstić information content (AvgIpc) is 2.62. The van der Waals surface area contributed by atoms with Gasteiger partial charge < -0.3 is 20.1 Å². The van der Waals surface area contributed by atoms with E-state index >= 15 is 0 Å². The molecule has 24 heavy (non-hydrogen) atoms. The van der Waals surface area contributed by atoms with E-state index < -0.39 is 12.0 Å². The number of amides is 1. The molecule has 2 unspecified atom stereocenters. The fourth-order valence-electron chi connectivity index (χ4n) is 2.51. The fraction of sp³-hybridized carbons (Fsp3) is 0.316. The normalized spacial score (nSPS) is 13.4. The van der Waals surface area contributed by atoms with E-state index in [2.05, 4.69) is 5.32 Å². The van der Waals surface area contributed by atoms with Gasteiger partial charge in [-0.2, -0.15) is 0 Å². The van der Waals surface area contributed by atoms with Crippen molar-refractivity contribution in [2.24, 2.45) is 0 Å². The second-order valence-corrected chi connectivity index (χ2v) is 5.81. The van der Waals surface area contributed by atoms with E-state index in [1.54, 1.807) is 31.4 Å². The highest BCUT2D eigenvalue weighted by Gasteiger charge is 2.20. The van der Waals surface area contributed by atoms with Crippen LogP contribution in [0.1, 0.15) is 23.3 Å². The summed E-state index contributed by atoms with van der Waals surface area (Å²) in [5.41, 5.74) is 1.65. The molecule has 128 valence electrons. The third-order valence-corrected chi connectivity index (χ3v) is 3.96. The second-order valence-electron chi connectivity index (χ2n) is 5.81. The molecule has 0 heterocycles. The summed E-state index contributed by atoms with van der Waals surface area (Å²) in [7, 11) is 5.53. The van der Waals surface area contributed by atoms with Crippen molar-refractivity contribution in [3.05, 3.63) is 65.7 Å². The molecular formula is C19H24N2O3. The van der Waals surface area contributed by atoms with Crippen LogP contribution in [0, 0.1) is 0 Å². The number of carbonyl (C=O) groups excluding carboxylic acids is 1. The Labute approximate surface area is 142 Å². The quantitative estimate of drug-likeness (QED) is 0.817. The number of rotatable bonds is 7. The number of nitrogens with one attached hydrogen (secondary N) is 1. The molecule has 0 aliphatic rings. The van der Waals surface area contributed by atoms with E-state index in [1.807, 2.05) is 49.3 Å². The predicted molar refractivity (Wildman–Crippen MR) is 93.8 cm³/mol. The van der Waals surface area contributed by atoms with Gasteiger partial charge in [-0.1, -0.05) is 42.5 Å². The van der Waals surface area contributed by atoms with Crippen LogP contribution in [-0.4, -0.2) is 43.7 Å². The van der Waals surface area contributed by atoms with Gasteiger partial charge in [0.25, 0.3) is 5.91 Å². The smallest absolute Gasteiger partial charge is 0.253 e. The number of methoxy groups -OCH3 is 1. The van der Waals surface area contributed by atoms with Crippen LogP contribution in [0.25, 0.3) is 0 Å². The van der Waals surface area contributed by atoms with Crippen LogP contribution in [-0.2, 0) is 4.79 Å². The van der Waals surface area contributed by atoms with Crippen LogP contribution in [0.15, 0.2) is 54.6 Å². The Morgan fingerprint density at radius 3 is 2.25 bits per heavy atom. The number of likely N-dealkylation sites (N-methyl/N-ethyl adjacent to an activating group) is 1. The number of aliphatic hydroxyl groups excluding tert-OH is 1. The van der Waals surface area contributed by atoms with Crippen LogP contribution >= 0.6 is 0 Å². The SMILES string of the molecule is COc1ccc(C(CNC(=O)C(O)c2ccccc2)N(C)C)cc1. The molecule has 0 saturated carbocycles. The summed E-state index contributed by atoms with van der Waals surface area (Å²) in [6, 6.07) is 16.7. The first-order valence-electron chi connectivity index (χ1n) is 7.84. The lowest BCUT2D eigenvalue weighted by molar-refractivity contribution is -0.129. The Balaban J connectivity index is 2.01. The topological polar surface area (TPSA) is 61.8 Å². The first kappa shape index (κ1) is 18.0. The van der Waals surface area contributed by atoms with Crippen molar-refractivity contribution in [1.82, 2.24) is 10.2 Å². The highest BCUT2D eigenvalue weighted by Crippen LogP contribution is 2.21. The van der Waals surface area contributed by atoms with Gasteiger partial charge in [0, 0.05) is 6.54 Å². The van der Waals surface area contributed by atoms with Crippen LogP contribution in [0.5, 0.6) is 5.75 Å². The van der Waals surface area contributed by atoms with E-state index in [9.17, 15) is 9.90 Å². The molecular weight excluding hydrogens is 304 g/mol. The van der Waals surface area contributed by atoms with E-state index in [0.717, 1.165) is 11.3 Å². The molecule has 0 saturated heterocycles. The third-order valence-electron chi connectivity index (χ3n) is 3.96. The van der Waals surface area contributed by atoms with Gasteiger partial charge in [-0.15, -0.1) is 0 Å². The summed E-state index contributed by atoms with van der Waals surface area (Å²) in [5, 5.41) is 13.0. The van der Waals surface area contributed by atoms with E-state index in [0.29, 0.717) is 12.1 Å². The Bertz CT molecular complexity index is 641. The van der Waals surface area contributed by atoms with Crippen molar-refractivity contribution in [3.63, 3.8) is 0 Å². The van der Waals surface area contributed by atoms with E-state index in [4.69, 9.17) is 4.74 Å². The van der Waals surface area contributed by atoms with E-state index in [1.165, 1.54) is 0 Å². The molecule has 2 rings (SSSR count). The molecule has 0 radical (unpaired) electrons. The van der Waals surface area contributed by atoms with Gasteiger partial charge >= 0.3 is 0 Å². The highest BCUT2D eigenvalue weighted by molar-refractivity contribution is 5.81. The van der Waals surface area contributed by atoms with Crippen molar-refractivity contribution >= 4 is 5.91 Å². The standard InChI is InChI=1S/C19H24N2O3/c1-21(2)17(14-9-11-16(24-3)12-10-14)13-20-19(23)18(22)15-7-5-4-6-8-15/h4-12,17-18,22H,13H2,1-3H3,(H,20,23). The number of hydrogen-bond donors (Lipinski definition) is 2. The van der Waals surface area contributed by atoms with Crippen molar-refractivity contribution in [2.75, 3.05) is 27.7 Å². The van der Waals surface area contributed by atoms with Gasteiger partial charge in [0.2, 0.25) is 0 Å². The maximum absolute atomic E-state index is 12.2. The van der Waals surface area contributed by atoms with Gasteiger partial charge in [0.1, 0.15) is 5.75 Å². The van der Waals surface area contributed by atoms with Crippen LogP contribution in [0.2, 0.25) is 0 Å².